The average Bonchev–Trinajstić information content (AvgIpc) is 0.820. The van der Waals surface area contributed by atoms with E-state index in [0.717, 1.165) is 66.2 Å². The zero-order valence-corrected chi connectivity index (χ0v) is 60.1. The van der Waals surface area contributed by atoms with Gasteiger partial charge in [-0.1, -0.05) is 57.2 Å². The molecule has 3 aromatic heterocycles. The fraction of sp³-hybridized carbons (Fsp3) is 0.446. The molecule has 532 valence electrons. The molecule has 9 rings (SSSR count). The van der Waals surface area contributed by atoms with Crippen LogP contribution < -0.4 is 53.6 Å². The SMILES string of the molecule is CC(=O)C(=O)Nc1cnc(NC(=O)OC(C)(C)C)c(C)c1.CNc1ccc([C@@H]2CC[C@@H](C)CN2)cc1.CNc1ccc([C@@H]2CC[C@@H](C)CN2C(=O)C(=O)Nc2cnc(N)c(C)c2)cc1.CNc1ccc([C@@H]2CC[C@@H](C)CN2C(=O)C(=O)Nc2cnc(NC(=O)OC(C)(C)C)c(C)c2)cc1. The van der Waals surface area contributed by atoms with Gasteiger partial charge in [-0.2, -0.15) is 0 Å². The Kier molecular flexibility index (Phi) is 28.2. The third kappa shape index (κ3) is 24.4. The van der Waals surface area contributed by atoms with Gasteiger partial charge in [-0.15, -0.1) is 0 Å². The first-order valence-corrected chi connectivity index (χ1v) is 33.5. The molecule has 25 heteroatoms. The van der Waals surface area contributed by atoms with Gasteiger partial charge in [-0.25, -0.2) is 24.5 Å². The number of rotatable bonds is 12. The maximum Gasteiger partial charge on any atom is 0.413 e. The second-order valence-electron chi connectivity index (χ2n) is 27.4. The quantitative estimate of drug-likeness (QED) is 0.0509. The summed E-state index contributed by atoms with van der Waals surface area (Å²) in [4.78, 5) is 113. The van der Waals surface area contributed by atoms with E-state index in [1.807, 2.05) is 69.7 Å². The van der Waals surface area contributed by atoms with Crippen molar-refractivity contribution in [3.05, 3.63) is 143 Å². The number of amides is 7. The summed E-state index contributed by atoms with van der Waals surface area (Å²) >= 11 is 0. The summed E-state index contributed by atoms with van der Waals surface area (Å²) < 4.78 is 10.4. The fourth-order valence-corrected chi connectivity index (χ4v) is 11.2. The first-order chi connectivity index (χ1) is 46.7. The van der Waals surface area contributed by atoms with Gasteiger partial charge in [0, 0.05) is 64.3 Å². The maximum atomic E-state index is 13.2. The Hall–Kier alpha value is -10.2. The molecule has 0 aliphatic carbocycles. The van der Waals surface area contributed by atoms with Crippen LogP contribution in [0.25, 0.3) is 0 Å². The Labute approximate surface area is 582 Å². The van der Waals surface area contributed by atoms with Gasteiger partial charge in [0.15, 0.2) is 0 Å². The third-order valence-corrected chi connectivity index (χ3v) is 16.6. The molecule has 0 unspecified atom stereocenters. The number of hydrogen-bond donors (Lipinski definition) is 10. The largest absolute Gasteiger partial charge is 0.444 e. The van der Waals surface area contributed by atoms with Gasteiger partial charge in [-0.3, -0.25) is 39.4 Å². The first kappa shape index (κ1) is 77.8. The molecule has 0 bridgehead atoms. The van der Waals surface area contributed by atoms with Crippen LogP contribution in [0.3, 0.4) is 0 Å². The summed E-state index contributed by atoms with van der Waals surface area (Å²) in [6, 6.07) is 29.9. The Morgan fingerprint density at radius 3 is 1.15 bits per heavy atom. The molecule has 3 aliphatic heterocycles. The Balaban J connectivity index is 0.000000217. The molecule has 6 heterocycles. The van der Waals surface area contributed by atoms with Crippen molar-refractivity contribution in [3.63, 3.8) is 0 Å². The second-order valence-corrected chi connectivity index (χ2v) is 27.4. The monoisotopic (exact) mass is 1360 g/mol. The molecule has 99 heavy (non-hydrogen) atoms. The number of pyridine rings is 3. The highest BCUT2D eigenvalue weighted by molar-refractivity contribution is 6.40. The summed E-state index contributed by atoms with van der Waals surface area (Å²) in [7, 11) is 5.68. The predicted molar refractivity (Wildman–Crippen MR) is 390 cm³/mol. The van der Waals surface area contributed by atoms with Crippen molar-refractivity contribution < 1.29 is 47.8 Å². The molecule has 0 radical (unpaired) electrons. The summed E-state index contributed by atoms with van der Waals surface area (Å²) in [6.07, 6.45) is 9.21. The van der Waals surface area contributed by atoms with E-state index in [2.05, 4.69) is 108 Å². The topological polar surface area (TPSA) is 334 Å². The number of Topliss-reactive ketones (excluding diaryl/α,β-unsaturated/α-hetero) is 1. The summed E-state index contributed by atoms with van der Waals surface area (Å²) in [5.41, 5.74) is 14.3. The standard InChI is InChI=1S/C26H35N5O4.C21H27N5O2.C14H19N3O4.C13H20N2/c1-16-7-12-21(18-8-10-19(27-6)11-9-18)31(15-16)24(33)23(32)29-20-13-17(2)22(28-14-20)30-25(34)35-26(3,4)5;1-13-4-9-18(15-5-7-16(23-3)8-6-15)26(12-13)21(28)20(27)25-17-10-14(2)19(22)24-11-17;1-8-6-10(16-12(19)9(2)18)7-15-11(8)17-13(20)21-14(3,4)5;1-10-3-8-13(15-9-10)11-4-6-12(14-2)7-5-11/h8-11,13-14,16,21,27H,7,12,15H2,1-6H3,(H,29,32)(H,28,30,34);5-8,10-11,13,18,23H,4,9,12H2,1-3H3,(H2,22,24)(H,25,27);6-7H,1-5H3,(H,16,19)(H,15,17,20);4-7,10,13-15H,3,8-9H2,1-2H3/t16-,21+;13-,18+;;10-,13+/m11.1/s1. The number of nitrogens with two attached hydrogens (primary N) is 1. The van der Waals surface area contributed by atoms with Crippen LogP contribution in [-0.4, -0.2) is 124 Å². The number of hydrogen-bond acceptors (Lipinski definition) is 18. The van der Waals surface area contributed by atoms with Crippen LogP contribution in [0.5, 0.6) is 0 Å². The van der Waals surface area contributed by atoms with Crippen molar-refractivity contribution in [3.8, 4) is 0 Å². The van der Waals surface area contributed by atoms with Gasteiger partial charge in [0.25, 0.3) is 5.91 Å². The van der Waals surface area contributed by atoms with E-state index in [1.54, 1.807) is 90.3 Å². The zero-order chi connectivity index (χ0) is 72.9. The van der Waals surface area contributed by atoms with Crippen molar-refractivity contribution in [2.75, 3.05) is 89.0 Å². The molecule has 7 amide bonds. The predicted octanol–water partition coefficient (Wildman–Crippen LogP) is 12.7. The third-order valence-electron chi connectivity index (χ3n) is 16.6. The molecule has 0 saturated carbocycles. The van der Waals surface area contributed by atoms with Gasteiger partial charge in [0.1, 0.15) is 28.7 Å². The maximum absolute atomic E-state index is 13.2. The molecule has 6 atom stereocenters. The number of aromatic nitrogens is 3. The molecule has 3 saturated heterocycles. The minimum atomic E-state index is -0.718. The van der Waals surface area contributed by atoms with Gasteiger partial charge in [0.05, 0.1) is 47.7 Å². The summed E-state index contributed by atoms with van der Waals surface area (Å²) in [5.74, 6) is -1.25. The smallest absolute Gasteiger partial charge is 0.413 e. The molecule has 3 aliphatic rings. The summed E-state index contributed by atoms with van der Waals surface area (Å²) in [5, 5.41) is 25.8. The number of likely N-dealkylation sites (tertiary alicyclic amines) is 2. The van der Waals surface area contributed by atoms with Gasteiger partial charge < -0.3 is 62.2 Å². The van der Waals surface area contributed by atoms with Crippen molar-refractivity contribution in [1.82, 2.24) is 30.1 Å². The lowest BCUT2D eigenvalue weighted by atomic mass is 9.89. The van der Waals surface area contributed by atoms with Crippen LogP contribution in [-0.2, 0) is 38.2 Å². The van der Waals surface area contributed by atoms with Crippen molar-refractivity contribution in [2.45, 2.75) is 158 Å². The second kappa shape index (κ2) is 35.9. The summed E-state index contributed by atoms with van der Waals surface area (Å²) in [6.45, 7) is 25.7. The van der Waals surface area contributed by atoms with E-state index in [1.165, 1.54) is 49.6 Å². The number of ether oxygens (including phenoxy) is 2. The lowest BCUT2D eigenvalue weighted by Gasteiger charge is -2.38. The number of carbonyl (C=O) groups is 8. The molecule has 11 N–H and O–H groups in total. The number of nitrogen functional groups attached to an aromatic ring is 1. The first-order valence-electron chi connectivity index (χ1n) is 33.5. The highest BCUT2D eigenvalue weighted by Gasteiger charge is 2.36. The van der Waals surface area contributed by atoms with Crippen molar-refractivity contribution in [1.29, 1.82) is 0 Å². The van der Waals surface area contributed by atoms with Crippen molar-refractivity contribution in [2.24, 2.45) is 17.8 Å². The number of benzene rings is 3. The highest BCUT2D eigenvalue weighted by atomic mass is 16.6. The number of ketones is 1. The van der Waals surface area contributed by atoms with E-state index in [9.17, 15) is 38.4 Å². The average molecular weight is 1360 g/mol. The Morgan fingerprint density at radius 1 is 0.465 bits per heavy atom. The molecular weight excluding hydrogens is 1260 g/mol. The number of nitrogens with zero attached hydrogens (tertiary/aromatic N) is 5. The number of piperidine rings is 3. The normalized spacial score (nSPS) is 18.0. The van der Waals surface area contributed by atoms with E-state index in [4.69, 9.17) is 15.2 Å². The van der Waals surface area contributed by atoms with E-state index in [-0.39, 0.29) is 12.1 Å². The molecule has 3 fully saturated rings. The lowest BCUT2D eigenvalue weighted by Crippen LogP contribution is -2.46. The van der Waals surface area contributed by atoms with E-state index < -0.39 is 58.7 Å². The fourth-order valence-electron chi connectivity index (χ4n) is 11.2. The molecule has 6 aromatic rings. The van der Waals surface area contributed by atoms with Crippen LogP contribution in [0, 0.1) is 38.5 Å². The highest BCUT2D eigenvalue weighted by Crippen LogP contribution is 2.36. The van der Waals surface area contributed by atoms with Gasteiger partial charge in [-0.05, 0) is 213 Å². The van der Waals surface area contributed by atoms with Gasteiger partial charge >= 0.3 is 35.8 Å². The molecule has 3 aromatic carbocycles. The number of nitrogens with one attached hydrogen (secondary N) is 9. The zero-order valence-electron chi connectivity index (χ0n) is 60.1. The van der Waals surface area contributed by atoms with E-state index >= 15 is 0 Å². The minimum Gasteiger partial charge on any atom is -0.444 e. The van der Waals surface area contributed by atoms with Crippen LogP contribution in [0.2, 0.25) is 0 Å². The van der Waals surface area contributed by atoms with Crippen LogP contribution >= 0.6 is 0 Å². The lowest BCUT2D eigenvalue weighted by molar-refractivity contribution is -0.146. The Morgan fingerprint density at radius 2 is 0.818 bits per heavy atom. The molecule has 25 nitrogen and oxygen atoms in total. The van der Waals surface area contributed by atoms with Gasteiger partial charge in [0.2, 0.25) is 5.78 Å². The van der Waals surface area contributed by atoms with Crippen molar-refractivity contribution >= 4 is 99.1 Å². The van der Waals surface area contributed by atoms with Crippen LogP contribution in [0.4, 0.5) is 61.2 Å². The number of aryl methyl sites for hydroxylation is 3. The minimum absolute atomic E-state index is 0.105. The molecular formula is C74H101N15O10. The van der Waals surface area contributed by atoms with Crippen LogP contribution in [0.1, 0.15) is 159 Å². The number of carbonyl (C=O) groups excluding carboxylic acids is 8. The number of anilines is 9. The van der Waals surface area contributed by atoms with Crippen LogP contribution in [0.15, 0.2) is 110 Å². The Bertz CT molecular complexity index is 3750. The van der Waals surface area contributed by atoms with E-state index in [0.29, 0.717) is 76.6 Å². The molecule has 0 spiro atoms.